The minimum atomic E-state index is 0.392. The van der Waals surface area contributed by atoms with Crippen LogP contribution in [0, 0.1) is 11.8 Å². The third kappa shape index (κ3) is 3.95. The summed E-state index contributed by atoms with van der Waals surface area (Å²) >= 11 is 0. The standard InChI is InChI=1S/C17H34N2/c1-5-17(6-2)13-19(11-7-8-14(3)4)16(12-18-17)15-9-10-15/h14-16,18H,5-13H2,1-4H3. The lowest BCUT2D eigenvalue weighted by atomic mass is 9.87. The highest BCUT2D eigenvalue weighted by Crippen LogP contribution is 2.38. The molecule has 1 aliphatic heterocycles. The summed E-state index contributed by atoms with van der Waals surface area (Å²) in [5.74, 6) is 1.85. The lowest BCUT2D eigenvalue weighted by Crippen LogP contribution is -2.64. The molecule has 1 N–H and O–H groups in total. The van der Waals surface area contributed by atoms with Gasteiger partial charge in [-0.05, 0) is 56.9 Å². The first-order chi connectivity index (χ1) is 9.10. The van der Waals surface area contributed by atoms with E-state index in [0.717, 1.165) is 17.9 Å². The van der Waals surface area contributed by atoms with E-state index >= 15 is 0 Å². The van der Waals surface area contributed by atoms with E-state index in [1.54, 1.807) is 0 Å². The SMILES string of the molecule is CCC1(CC)CN(CCCC(C)C)C(C2CC2)CN1. The number of rotatable bonds is 7. The first-order valence-corrected chi connectivity index (χ1v) is 8.59. The van der Waals surface area contributed by atoms with Crippen LogP contribution in [-0.4, -0.2) is 36.1 Å². The van der Waals surface area contributed by atoms with Crippen molar-refractivity contribution in [3.63, 3.8) is 0 Å². The summed E-state index contributed by atoms with van der Waals surface area (Å²) in [6, 6.07) is 0.832. The van der Waals surface area contributed by atoms with E-state index in [2.05, 4.69) is 37.9 Å². The number of nitrogens with one attached hydrogen (secondary N) is 1. The third-order valence-corrected chi connectivity index (χ3v) is 5.41. The van der Waals surface area contributed by atoms with Crippen molar-refractivity contribution in [1.82, 2.24) is 10.2 Å². The molecule has 2 aliphatic rings. The predicted molar refractivity (Wildman–Crippen MR) is 83.5 cm³/mol. The molecule has 1 saturated carbocycles. The molecule has 2 rings (SSSR count). The number of piperazine rings is 1. The first-order valence-electron chi connectivity index (χ1n) is 8.59. The maximum Gasteiger partial charge on any atom is 0.0304 e. The van der Waals surface area contributed by atoms with E-state index in [0.29, 0.717) is 5.54 Å². The van der Waals surface area contributed by atoms with Crippen LogP contribution in [0.15, 0.2) is 0 Å². The molecule has 0 aromatic rings. The quantitative estimate of drug-likeness (QED) is 0.756. The molecule has 1 heterocycles. The van der Waals surface area contributed by atoms with Crippen molar-refractivity contribution in [2.45, 2.75) is 77.8 Å². The highest BCUT2D eigenvalue weighted by Gasteiger charge is 2.42. The Labute approximate surface area is 120 Å². The lowest BCUT2D eigenvalue weighted by Gasteiger charge is -2.48. The van der Waals surface area contributed by atoms with Gasteiger partial charge in [-0.1, -0.05) is 27.7 Å². The molecular formula is C17H34N2. The molecule has 19 heavy (non-hydrogen) atoms. The molecule has 0 radical (unpaired) electrons. The van der Waals surface area contributed by atoms with Gasteiger partial charge >= 0.3 is 0 Å². The van der Waals surface area contributed by atoms with Crippen molar-refractivity contribution in [2.24, 2.45) is 11.8 Å². The Morgan fingerprint density at radius 2 is 1.89 bits per heavy atom. The van der Waals surface area contributed by atoms with Crippen LogP contribution in [0.25, 0.3) is 0 Å². The number of nitrogens with zero attached hydrogens (tertiary/aromatic N) is 1. The van der Waals surface area contributed by atoms with Crippen LogP contribution in [-0.2, 0) is 0 Å². The van der Waals surface area contributed by atoms with Gasteiger partial charge in [0.25, 0.3) is 0 Å². The molecule has 0 spiro atoms. The van der Waals surface area contributed by atoms with Gasteiger partial charge in [-0.3, -0.25) is 4.90 Å². The minimum absolute atomic E-state index is 0.392. The average molecular weight is 266 g/mol. The second-order valence-corrected chi connectivity index (χ2v) is 7.28. The molecule has 1 aliphatic carbocycles. The van der Waals surface area contributed by atoms with Crippen molar-refractivity contribution in [3.8, 4) is 0 Å². The van der Waals surface area contributed by atoms with Crippen LogP contribution in [0.1, 0.15) is 66.2 Å². The molecule has 112 valence electrons. The summed E-state index contributed by atoms with van der Waals surface area (Å²) in [6.07, 6.45) is 8.23. The minimum Gasteiger partial charge on any atom is -0.308 e. The summed E-state index contributed by atoms with van der Waals surface area (Å²) in [4.78, 5) is 2.84. The molecule has 2 fully saturated rings. The maximum absolute atomic E-state index is 3.89. The van der Waals surface area contributed by atoms with Crippen LogP contribution in [0.5, 0.6) is 0 Å². The highest BCUT2D eigenvalue weighted by molar-refractivity contribution is 5.01. The third-order valence-electron chi connectivity index (χ3n) is 5.41. The van der Waals surface area contributed by atoms with Gasteiger partial charge < -0.3 is 5.32 Å². The molecule has 1 atom stereocenters. The highest BCUT2D eigenvalue weighted by atomic mass is 15.3. The fourth-order valence-corrected chi connectivity index (χ4v) is 3.63. The molecule has 0 bridgehead atoms. The molecule has 0 aromatic heterocycles. The Morgan fingerprint density at radius 3 is 2.42 bits per heavy atom. The fourth-order valence-electron chi connectivity index (χ4n) is 3.63. The van der Waals surface area contributed by atoms with Crippen molar-refractivity contribution >= 4 is 0 Å². The van der Waals surface area contributed by atoms with Crippen LogP contribution < -0.4 is 5.32 Å². The van der Waals surface area contributed by atoms with E-state index in [1.165, 1.54) is 58.2 Å². The molecular weight excluding hydrogens is 232 g/mol. The second-order valence-electron chi connectivity index (χ2n) is 7.28. The summed E-state index contributed by atoms with van der Waals surface area (Å²) in [7, 11) is 0. The van der Waals surface area contributed by atoms with E-state index in [4.69, 9.17) is 0 Å². The molecule has 2 heteroatoms. The fraction of sp³-hybridized carbons (Fsp3) is 1.00. The van der Waals surface area contributed by atoms with Gasteiger partial charge in [0, 0.05) is 24.7 Å². The van der Waals surface area contributed by atoms with Crippen LogP contribution in [0.3, 0.4) is 0 Å². The summed E-state index contributed by atoms with van der Waals surface area (Å²) in [6.45, 7) is 13.2. The van der Waals surface area contributed by atoms with Crippen molar-refractivity contribution in [3.05, 3.63) is 0 Å². The Morgan fingerprint density at radius 1 is 1.21 bits per heavy atom. The van der Waals surface area contributed by atoms with E-state index in [9.17, 15) is 0 Å². The van der Waals surface area contributed by atoms with Crippen LogP contribution >= 0.6 is 0 Å². The van der Waals surface area contributed by atoms with Crippen LogP contribution in [0.2, 0.25) is 0 Å². The van der Waals surface area contributed by atoms with Gasteiger partial charge in [0.15, 0.2) is 0 Å². The largest absolute Gasteiger partial charge is 0.308 e. The van der Waals surface area contributed by atoms with E-state index < -0.39 is 0 Å². The Bertz CT molecular complexity index is 266. The summed E-state index contributed by atoms with van der Waals surface area (Å²) in [5.41, 5.74) is 0.392. The first kappa shape index (κ1) is 15.3. The topological polar surface area (TPSA) is 15.3 Å². The maximum atomic E-state index is 3.89. The Hall–Kier alpha value is -0.0800. The van der Waals surface area contributed by atoms with Gasteiger partial charge in [0.1, 0.15) is 0 Å². The monoisotopic (exact) mass is 266 g/mol. The van der Waals surface area contributed by atoms with E-state index in [-0.39, 0.29) is 0 Å². The molecule has 2 nitrogen and oxygen atoms in total. The lowest BCUT2D eigenvalue weighted by molar-refractivity contribution is 0.0599. The zero-order chi connectivity index (χ0) is 13.9. The average Bonchev–Trinajstić information content (AvgIpc) is 3.22. The normalized spacial score (nSPS) is 27.9. The second kappa shape index (κ2) is 6.58. The van der Waals surface area contributed by atoms with Crippen molar-refractivity contribution in [2.75, 3.05) is 19.6 Å². The molecule has 0 amide bonds. The van der Waals surface area contributed by atoms with Gasteiger partial charge in [0.2, 0.25) is 0 Å². The van der Waals surface area contributed by atoms with Crippen LogP contribution in [0.4, 0.5) is 0 Å². The Kier molecular flexibility index (Phi) is 5.30. The summed E-state index contributed by atoms with van der Waals surface area (Å²) in [5, 5.41) is 3.89. The zero-order valence-electron chi connectivity index (χ0n) is 13.5. The number of hydrogen-bond donors (Lipinski definition) is 1. The van der Waals surface area contributed by atoms with Crippen molar-refractivity contribution < 1.29 is 0 Å². The van der Waals surface area contributed by atoms with E-state index in [1.807, 2.05) is 0 Å². The Balaban J connectivity index is 1.92. The predicted octanol–water partition coefficient (Wildman–Crippen LogP) is 3.67. The summed E-state index contributed by atoms with van der Waals surface area (Å²) < 4.78 is 0. The number of hydrogen-bond acceptors (Lipinski definition) is 2. The molecule has 0 aromatic carbocycles. The van der Waals surface area contributed by atoms with Gasteiger partial charge in [-0.2, -0.15) is 0 Å². The van der Waals surface area contributed by atoms with Crippen molar-refractivity contribution in [1.29, 1.82) is 0 Å². The van der Waals surface area contributed by atoms with Gasteiger partial charge in [-0.25, -0.2) is 0 Å². The smallest absolute Gasteiger partial charge is 0.0304 e. The van der Waals surface area contributed by atoms with Gasteiger partial charge in [-0.15, -0.1) is 0 Å². The molecule has 1 saturated heterocycles. The zero-order valence-corrected chi connectivity index (χ0v) is 13.5. The van der Waals surface area contributed by atoms with Gasteiger partial charge in [0.05, 0.1) is 0 Å². The molecule has 1 unspecified atom stereocenters.